The molecule has 1 amide bonds. The van der Waals surface area contributed by atoms with Crippen LogP contribution in [0.25, 0.3) is 0 Å². The zero-order valence-electron chi connectivity index (χ0n) is 42.4. The summed E-state index contributed by atoms with van der Waals surface area (Å²) in [4.78, 5) is 72.1. The number of hydrogen-bond donors (Lipinski definition) is 3. The number of carbonyl (C=O) groups is 5. The molecule has 2 saturated heterocycles. The number of esters is 1. The lowest BCUT2D eigenvalue weighted by atomic mass is 9.78. The van der Waals surface area contributed by atoms with Crippen LogP contribution in [0.3, 0.4) is 0 Å². The first-order valence-electron chi connectivity index (χ1n) is 25.0. The Bertz CT molecular complexity index is 1810. The minimum Gasteiger partial charge on any atom is -0.460 e. The van der Waals surface area contributed by atoms with Crippen LogP contribution in [0.4, 0.5) is 0 Å². The van der Waals surface area contributed by atoms with Gasteiger partial charge in [0.2, 0.25) is 5.79 Å². The summed E-state index contributed by atoms with van der Waals surface area (Å²) in [6.45, 7) is 12.9. The molecule has 15 atom stereocenters. The Morgan fingerprint density at radius 2 is 1.59 bits per heavy atom. The Morgan fingerprint density at radius 3 is 2.26 bits per heavy atom. The van der Waals surface area contributed by atoms with Crippen molar-refractivity contribution in [3.63, 3.8) is 0 Å². The number of fused-ring (bicyclic) bond motifs is 3. The van der Waals surface area contributed by atoms with Gasteiger partial charge in [-0.05, 0) is 107 Å². The molecule has 3 heterocycles. The third-order valence-corrected chi connectivity index (χ3v) is 14.9. The topological polar surface area (TPSA) is 205 Å². The second kappa shape index (κ2) is 27.3. The van der Waals surface area contributed by atoms with E-state index in [0.29, 0.717) is 63.4 Å². The third kappa shape index (κ3) is 15.3. The molecule has 4 aliphatic rings. The zero-order valence-corrected chi connectivity index (χ0v) is 42.4. The number of Topliss-reactive ketones (excluding diaryl/α,β-unsaturated/α-hetero) is 3. The van der Waals surface area contributed by atoms with Gasteiger partial charge in [0, 0.05) is 58.5 Å². The van der Waals surface area contributed by atoms with Crippen molar-refractivity contribution in [2.75, 3.05) is 41.1 Å². The minimum absolute atomic E-state index is 0.0158. The fourth-order valence-electron chi connectivity index (χ4n) is 10.5. The predicted octanol–water partition coefficient (Wildman–Crippen LogP) is 6.20. The molecule has 1 aliphatic carbocycles. The van der Waals surface area contributed by atoms with Crippen molar-refractivity contribution in [1.82, 2.24) is 4.90 Å². The van der Waals surface area contributed by atoms with Crippen LogP contribution in [0.5, 0.6) is 0 Å². The molecular formula is C53H83NO14. The number of aliphatic hydroxyl groups excluding tert-OH is 2. The first-order valence-corrected chi connectivity index (χ1v) is 25.0. The van der Waals surface area contributed by atoms with Crippen LogP contribution in [0, 0.1) is 35.5 Å². The molecular weight excluding hydrogens is 875 g/mol. The average Bonchev–Trinajstić information content (AvgIpc) is 3.32. The van der Waals surface area contributed by atoms with Gasteiger partial charge in [0.1, 0.15) is 30.1 Å². The molecule has 15 nitrogen and oxygen atoms in total. The fourth-order valence-corrected chi connectivity index (χ4v) is 10.5. The summed E-state index contributed by atoms with van der Waals surface area (Å²) in [6, 6.07) is -1.14. The van der Waals surface area contributed by atoms with E-state index < -0.39 is 77.8 Å². The summed E-state index contributed by atoms with van der Waals surface area (Å²) in [5, 5.41) is 32.8. The molecule has 0 aromatic carbocycles. The van der Waals surface area contributed by atoms with E-state index in [1.54, 1.807) is 41.1 Å². The van der Waals surface area contributed by atoms with E-state index in [2.05, 4.69) is 0 Å². The highest BCUT2D eigenvalue weighted by molar-refractivity contribution is 6.39. The van der Waals surface area contributed by atoms with Gasteiger partial charge < -0.3 is 48.6 Å². The van der Waals surface area contributed by atoms with Gasteiger partial charge in [0.05, 0.1) is 37.6 Å². The molecule has 4 rings (SSSR count). The number of piperidine rings is 1. The van der Waals surface area contributed by atoms with Crippen molar-refractivity contribution >= 4 is 29.2 Å². The van der Waals surface area contributed by atoms with Crippen molar-refractivity contribution in [1.29, 1.82) is 0 Å². The maximum absolute atomic E-state index is 14.5. The fraction of sp³-hybridized carbons (Fsp3) is 0.755. The van der Waals surface area contributed by atoms with Gasteiger partial charge in [-0.15, -0.1) is 0 Å². The average molecular weight is 958 g/mol. The normalized spacial score (nSPS) is 38.7. The lowest BCUT2D eigenvalue weighted by molar-refractivity contribution is -0.265. The predicted molar refractivity (Wildman–Crippen MR) is 256 cm³/mol. The lowest BCUT2D eigenvalue weighted by Crippen LogP contribution is -2.61. The van der Waals surface area contributed by atoms with Gasteiger partial charge in [-0.3, -0.25) is 19.2 Å². The molecule has 0 radical (unpaired) electrons. The van der Waals surface area contributed by atoms with Crippen LogP contribution in [0.2, 0.25) is 0 Å². The molecule has 2 bridgehead atoms. The summed E-state index contributed by atoms with van der Waals surface area (Å²) in [5.74, 6) is -7.96. The molecule has 0 aromatic heterocycles. The minimum atomic E-state index is -2.43. The lowest BCUT2D eigenvalue weighted by Gasteiger charge is -2.42. The van der Waals surface area contributed by atoms with Gasteiger partial charge in [-0.25, -0.2) is 4.79 Å². The summed E-state index contributed by atoms with van der Waals surface area (Å²) in [6.07, 6.45) is 12.0. The van der Waals surface area contributed by atoms with Gasteiger partial charge in [-0.2, -0.15) is 0 Å². The number of amides is 1. The number of ketones is 3. The SMILES string of the molecule is CO[C@H]1C[C@@H]2CC[C@@H](C)[C@@](O)(O2)C(=O)C(=O)N2CCCCC2C(=O)O[C@H]([C@H](C)C[C@@H]2CC[C@@H](OCCO)[C@H](OC)C2)CC(=O)[C@H](C)/C=C(\C)[C@@H](O)[C@@H](OC)C(=O)[C@H](C)C[C@H](C)C=C/C=C/C=C\1C. The molecule has 68 heavy (non-hydrogen) atoms. The second-order valence-corrected chi connectivity index (χ2v) is 20.2. The highest BCUT2D eigenvalue weighted by Crippen LogP contribution is 2.38. The van der Waals surface area contributed by atoms with Crippen LogP contribution >= 0.6 is 0 Å². The van der Waals surface area contributed by atoms with Gasteiger partial charge in [-0.1, -0.05) is 71.1 Å². The van der Waals surface area contributed by atoms with Crippen LogP contribution in [0.15, 0.2) is 47.6 Å². The van der Waals surface area contributed by atoms with Crippen LogP contribution < -0.4 is 0 Å². The molecule has 3 aliphatic heterocycles. The standard InChI is InChI=1S/C53H83NO14/c1-32-16-12-11-13-17-33(2)44(63-8)30-40-21-19-38(7)53(62,68-40)50(59)51(60)54-23-15-14-18-41(54)52(61)67-45(35(4)28-39-20-22-43(66-25-24-55)46(29-39)64-9)31-42(56)34(3)27-37(6)48(58)49(65-10)47(57)36(5)26-32/h11-13,16-17,27,32,34-36,38-41,43-46,48-49,55,58,62H,14-15,18-26,28-31H2,1-10H3/b13-11+,16-12?,33-17-,37-27+/t32-,34-,35-,36-,38-,39+,40+,41?,43-,44+,45+,46-,48-,49+,53-/m1/s1. The summed E-state index contributed by atoms with van der Waals surface area (Å²) in [7, 11) is 4.58. The monoisotopic (exact) mass is 958 g/mol. The second-order valence-electron chi connectivity index (χ2n) is 20.2. The Labute approximate surface area is 405 Å². The molecule has 15 heteroatoms. The van der Waals surface area contributed by atoms with E-state index in [1.807, 2.05) is 58.1 Å². The Morgan fingerprint density at radius 1 is 0.853 bits per heavy atom. The molecule has 384 valence electrons. The van der Waals surface area contributed by atoms with Crippen LogP contribution in [-0.4, -0.2) is 145 Å². The van der Waals surface area contributed by atoms with E-state index in [9.17, 15) is 39.3 Å². The summed E-state index contributed by atoms with van der Waals surface area (Å²) >= 11 is 0. The van der Waals surface area contributed by atoms with Crippen molar-refractivity contribution in [3.05, 3.63) is 47.6 Å². The highest BCUT2D eigenvalue weighted by Gasteiger charge is 2.53. The smallest absolute Gasteiger partial charge is 0.329 e. The number of hydrogen-bond acceptors (Lipinski definition) is 14. The summed E-state index contributed by atoms with van der Waals surface area (Å²) < 4.78 is 35.6. The van der Waals surface area contributed by atoms with Crippen LogP contribution in [-0.2, 0) is 52.4 Å². The van der Waals surface area contributed by atoms with Crippen molar-refractivity contribution in [2.45, 2.75) is 180 Å². The number of ether oxygens (including phenoxy) is 6. The number of methoxy groups -OCH3 is 3. The van der Waals surface area contributed by atoms with Gasteiger partial charge >= 0.3 is 5.97 Å². The molecule has 3 fully saturated rings. The van der Waals surface area contributed by atoms with Crippen molar-refractivity contribution in [2.24, 2.45) is 35.5 Å². The van der Waals surface area contributed by atoms with Crippen LogP contribution in [0.1, 0.15) is 126 Å². The number of cyclic esters (lactones) is 1. The molecule has 0 aromatic rings. The molecule has 1 saturated carbocycles. The van der Waals surface area contributed by atoms with E-state index in [-0.39, 0.29) is 74.1 Å². The molecule has 1 unspecified atom stereocenters. The number of allylic oxidation sites excluding steroid dienone is 6. The number of aliphatic hydroxyl groups is 3. The maximum atomic E-state index is 14.5. The first kappa shape index (κ1) is 57.2. The molecule has 3 N–H and O–H groups in total. The maximum Gasteiger partial charge on any atom is 0.329 e. The number of nitrogens with zero attached hydrogens (tertiary/aromatic N) is 1. The quantitative estimate of drug-likeness (QED) is 0.134. The molecule has 0 spiro atoms. The van der Waals surface area contributed by atoms with E-state index in [4.69, 9.17) is 28.4 Å². The summed E-state index contributed by atoms with van der Waals surface area (Å²) in [5.41, 5.74) is 1.26. The zero-order chi connectivity index (χ0) is 50.3. The number of carbonyl (C=O) groups excluding carboxylic acids is 5. The Kier molecular flexibility index (Phi) is 22.9. The van der Waals surface area contributed by atoms with Crippen molar-refractivity contribution in [3.8, 4) is 0 Å². The number of rotatable bonds is 9. The van der Waals surface area contributed by atoms with Gasteiger partial charge in [0.15, 0.2) is 5.78 Å². The highest BCUT2D eigenvalue weighted by atomic mass is 16.6. The largest absolute Gasteiger partial charge is 0.460 e. The van der Waals surface area contributed by atoms with Gasteiger partial charge in [0.25, 0.3) is 11.7 Å². The van der Waals surface area contributed by atoms with E-state index >= 15 is 0 Å². The Hall–Kier alpha value is -3.41. The Balaban J connectivity index is 1.70. The van der Waals surface area contributed by atoms with E-state index in [1.165, 1.54) is 12.0 Å². The third-order valence-electron chi connectivity index (χ3n) is 14.9. The van der Waals surface area contributed by atoms with Crippen molar-refractivity contribution < 1.29 is 67.7 Å². The first-order chi connectivity index (χ1) is 32.3. The van der Waals surface area contributed by atoms with E-state index in [0.717, 1.165) is 12.0 Å².